The molecule has 20 heavy (non-hydrogen) atoms. The first-order valence-corrected chi connectivity index (χ1v) is 7.68. The molecule has 0 saturated heterocycles. The van der Waals surface area contributed by atoms with Gasteiger partial charge in [-0.1, -0.05) is 44.4 Å². The molecule has 0 aliphatic rings. The van der Waals surface area contributed by atoms with Crippen molar-refractivity contribution in [2.45, 2.75) is 58.5 Å². The summed E-state index contributed by atoms with van der Waals surface area (Å²) in [6.07, 6.45) is 6.42. The molecule has 0 spiro atoms. The van der Waals surface area contributed by atoms with Crippen molar-refractivity contribution >= 4 is 5.97 Å². The SMILES string of the molecule is CCCCCCC(C)OC(=O)c1ccccc1CCN. The van der Waals surface area contributed by atoms with Crippen LogP contribution >= 0.6 is 0 Å². The maximum absolute atomic E-state index is 12.2. The van der Waals surface area contributed by atoms with E-state index in [0.29, 0.717) is 18.5 Å². The van der Waals surface area contributed by atoms with Crippen LogP contribution in [-0.2, 0) is 11.2 Å². The summed E-state index contributed by atoms with van der Waals surface area (Å²) in [6.45, 7) is 4.70. The number of hydrogen-bond acceptors (Lipinski definition) is 3. The molecule has 2 N–H and O–H groups in total. The van der Waals surface area contributed by atoms with Crippen LogP contribution in [0.2, 0.25) is 0 Å². The van der Waals surface area contributed by atoms with Gasteiger partial charge in [0.05, 0.1) is 11.7 Å². The van der Waals surface area contributed by atoms with Gasteiger partial charge < -0.3 is 10.5 Å². The summed E-state index contributed by atoms with van der Waals surface area (Å²) in [4.78, 5) is 12.2. The van der Waals surface area contributed by atoms with E-state index in [1.165, 1.54) is 19.3 Å². The highest BCUT2D eigenvalue weighted by Crippen LogP contribution is 2.14. The summed E-state index contributed by atoms with van der Waals surface area (Å²) in [5.41, 5.74) is 7.19. The van der Waals surface area contributed by atoms with Crippen LogP contribution in [0.4, 0.5) is 0 Å². The van der Waals surface area contributed by atoms with E-state index in [1.807, 2.05) is 31.2 Å². The highest BCUT2D eigenvalue weighted by molar-refractivity contribution is 5.91. The third-order valence-electron chi connectivity index (χ3n) is 3.42. The number of ether oxygens (including phenoxy) is 1. The minimum Gasteiger partial charge on any atom is -0.459 e. The van der Waals surface area contributed by atoms with Crippen molar-refractivity contribution in [2.24, 2.45) is 5.73 Å². The van der Waals surface area contributed by atoms with Crippen molar-refractivity contribution in [3.05, 3.63) is 35.4 Å². The van der Waals surface area contributed by atoms with Gasteiger partial charge in [0, 0.05) is 0 Å². The lowest BCUT2D eigenvalue weighted by molar-refractivity contribution is 0.0318. The van der Waals surface area contributed by atoms with Gasteiger partial charge in [-0.05, 0) is 44.4 Å². The summed E-state index contributed by atoms with van der Waals surface area (Å²) in [7, 11) is 0. The molecule has 3 heteroatoms. The van der Waals surface area contributed by atoms with Crippen molar-refractivity contribution in [1.29, 1.82) is 0 Å². The third-order valence-corrected chi connectivity index (χ3v) is 3.42. The molecule has 0 bridgehead atoms. The summed E-state index contributed by atoms with van der Waals surface area (Å²) in [5.74, 6) is -0.225. The number of unbranched alkanes of at least 4 members (excludes halogenated alkanes) is 3. The molecule has 1 rings (SSSR count). The number of benzene rings is 1. The van der Waals surface area contributed by atoms with Crippen LogP contribution in [0.15, 0.2) is 24.3 Å². The molecule has 3 nitrogen and oxygen atoms in total. The first-order chi connectivity index (χ1) is 9.69. The van der Waals surface area contributed by atoms with E-state index in [0.717, 1.165) is 18.4 Å². The number of esters is 1. The Hall–Kier alpha value is -1.35. The molecule has 0 aliphatic carbocycles. The Labute approximate surface area is 122 Å². The average Bonchev–Trinajstić information content (AvgIpc) is 2.44. The van der Waals surface area contributed by atoms with E-state index >= 15 is 0 Å². The topological polar surface area (TPSA) is 52.3 Å². The van der Waals surface area contributed by atoms with Crippen LogP contribution in [0.5, 0.6) is 0 Å². The lowest BCUT2D eigenvalue weighted by atomic mass is 10.0. The van der Waals surface area contributed by atoms with E-state index in [2.05, 4.69) is 6.92 Å². The predicted molar refractivity (Wildman–Crippen MR) is 82.8 cm³/mol. The number of carbonyl (C=O) groups excluding carboxylic acids is 1. The molecule has 0 saturated carbocycles. The first kappa shape index (κ1) is 16.7. The molecule has 112 valence electrons. The third kappa shape index (κ3) is 5.74. The molecule has 1 atom stereocenters. The Balaban J connectivity index is 2.49. The van der Waals surface area contributed by atoms with Crippen molar-refractivity contribution in [2.75, 3.05) is 6.54 Å². The lowest BCUT2D eigenvalue weighted by Crippen LogP contribution is -2.17. The average molecular weight is 277 g/mol. The second-order valence-corrected chi connectivity index (χ2v) is 5.26. The minimum absolute atomic E-state index is 0.0229. The smallest absolute Gasteiger partial charge is 0.338 e. The van der Waals surface area contributed by atoms with Gasteiger partial charge in [0.2, 0.25) is 0 Å². The summed E-state index contributed by atoms with van der Waals surface area (Å²) in [5, 5.41) is 0. The fraction of sp³-hybridized carbons (Fsp3) is 0.588. The Morgan fingerprint density at radius 2 is 2.00 bits per heavy atom. The fourth-order valence-electron chi connectivity index (χ4n) is 2.26. The van der Waals surface area contributed by atoms with Gasteiger partial charge in [0.1, 0.15) is 0 Å². The Morgan fingerprint density at radius 3 is 2.70 bits per heavy atom. The Bertz CT molecular complexity index is 404. The molecule has 0 fully saturated rings. The number of hydrogen-bond donors (Lipinski definition) is 1. The molecular weight excluding hydrogens is 250 g/mol. The monoisotopic (exact) mass is 277 g/mol. The Kier molecular flexibility index (Phi) is 7.97. The van der Waals surface area contributed by atoms with Crippen molar-refractivity contribution in [1.82, 2.24) is 0 Å². The normalized spacial score (nSPS) is 12.2. The van der Waals surface area contributed by atoms with E-state index in [1.54, 1.807) is 0 Å². The highest BCUT2D eigenvalue weighted by atomic mass is 16.5. The van der Waals surface area contributed by atoms with Crippen molar-refractivity contribution < 1.29 is 9.53 Å². The minimum atomic E-state index is -0.225. The molecule has 1 aromatic rings. The van der Waals surface area contributed by atoms with Gasteiger partial charge >= 0.3 is 5.97 Å². The highest BCUT2D eigenvalue weighted by Gasteiger charge is 2.14. The molecule has 0 radical (unpaired) electrons. The van der Waals surface area contributed by atoms with E-state index in [9.17, 15) is 4.79 Å². The molecule has 1 aromatic carbocycles. The van der Waals surface area contributed by atoms with Crippen LogP contribution in [-0.4, -0.2) is 18.6 Å². The van der Waals surface area contributed by atoms with E-state index in [4.69, 9.17) is 10.5 Å². The quantitative estimate of drug-likeness (QED) is 0.553. The van der Waals surface area contributed by atoms with Gasteiger partial charge in [-0.3, -0.25) is 0 Å². The van der Waals surface area contributed by atoms with Crippen LogP contribution in [0.1, 0.15) is 61.9 Å². The van der Waals surface area contributed by atoms with Crippen LogP contribution < -0.4 is 5.73 Å². The molecule has 1 unspecified atom stereocenters. The molecule has 0 aromatic heterocycles. The van der Waals surface area contributed by atoms with Gasteiger partial charge in [-0.15, -0.1) is 0 Å². The lowest BCUT2D eigenvalue weighted by Gasteiger charge is -2.14. The van der Waals surface area contributed by atoms with Crippen molar-refractivity contribution in [3.63, 3.8) is 0 Å². The zero-order chi connectivity index (χ0) is 14.8. The summed E-state index contributed by atoms with van der Waals surface area (Å²) in [6, 6.07) is 7.55. The van der Waals surface area contributed by atoms with Crippen LogP contribution in [0, 0.1) is 0 Å². The van der Waals surface area contributed by atoms with Gasteiger partial charge in [0.15, 0.2) is 0 Å². The van der Waals surface area contributed by atoms with Crippen LogP contribution in [0.25, 0.3) is 0 Å². The molecule has 0 amide bonds. The van der Waals surface area contributed by atoms with Gasteiger partial charge in [0.25, 0.3) is 0 Å². The number of nitrogens with two attached hydrogens (primary N) is 1. The van der Waals surface area contributed by atoms with Crippen LogP contribution in [0.3, 0.4) is 0 Å². The van der Waals surface area contributed by atoms with E-state index in [-0.39, 0.29) is 12.1 Å². The Morgan fingerprint density at radius 1 is 1.25 bits per heavy atom. The fourth-order valence-corrected chi connectivity index (χ4v) is 2.26. The standard InChI is InChI=1S/C17H27NO2/c1-3-4-5-6-9-14(2)20-17(19)16-11-8-7-10-15(16)12-13-18/h7-8,10-11,14H,3-6,9,12-13,18H2,1-2H3. The first-order valence-electron chi connectivity index (χ1n) is 7.68. The maximum atomic E-state index is 12.2. The number of carbonyl (C=O) groups is 1. The maximum Gasteiger partial charge on any atom is 0.338 e. The van der Waals surface area contributed by atoms with Gasteiger partial charge in [-0.2, -0.15) is 0 Å². The zero-order valence-corrected chi connectivity index (χ0v) is 12.7. The van der Waals surface area contributed by atoms with Crippen molar-refractivity contribution in [3.8, 4) is 0 Å². The largest absolute Gasteiger partial charge is 0.459 e. The number of rotatable bonds is 9. The van der Waals surface area contributed by atoms with Gasteiger partial charge in [-0.25, -0.2) is 4.79 Å². The van der Waals surface area contributed by atoms with E-state index < -0.39 is 0 Å². The summed E-state index contributed by atoms with van der Waals surface area (Å²) < 4.78 is 5.52. The molecular formula is C17H27NO2. The summed E-state index contributed by atoms with van der Waals surface area (Å²) >= 11 is 0. The molecule has 0 heterocycles. The predicted octanol–water partition coefficient (Wildman–Crippen LogP) is 3.70. The second-order valence-electron chi connectivity index (χ2n) is 5.26. The molecule has 0 aliphatic heterocycles. The second kappa shape index (κ2) is 9.54. The zero-order valence-electron chi connectivity index (χ0n) is 12.7.